The van der Waals surface area contributed by atoms with Gasteiger partial charge in [0, 0.05) is 47.9 Å². The molecule has 0 saturated heterocycles. The Hall–Kier alpha value is -2.88. The maximum absolute atomic E-state index is 3.38. The summed E-state index contributed by atoms with van der Waals surface area (Å²) in [5, 5.41) is 0. The molecule has 0 aliphatic heterocycles. The van der Waals surface area contributed by atoms with Crippen LogP contribution in [-0.2, 0) is 0 Å². The normalized spacial score (nSPS) is 11.0. The summed E-state index contributed by atoms with van der Waals surface area (Å²) in [5.74, 6) is 1.06. The zero-order valence-electron chi connectivity index (χ0n) is 10.8. The standard InChI is InChI=1S/C16H14N4/c1-2-10-20(9-1)16-15(14-6-4-8-18-14)12(11-19-16)13-5-3-7-17-13/h1-11,17-19H. The van der Waals surface area contributed by atoms with Gasteiger partial charge in [-0.2, -0.15) is 0 Å². The monoisotopic (exact) mass is 262 g/mol. The van der Waals surface area contributed by atoms with E-state index in [1.165, 1.54) is 0 Å². The SMILES string of the molecule is c1c[nH]c(-c2c[nH]c(-n3cccc3)c2-c2ccc[nH]2)c1. The maximum Gasteiger partial charge on any atom is 0.124 e. The highest BCUT2D eigenvalue weighted by Crippen LogP contribution is 2.35. The molecule has 0 aromatic carbocycles. The van der Waals surface area contributed by atoms with Crippen molar-refractivity contribution in [1.82, 2.24) is 19.5 Å². The number of nitrogens with zero attached hydrogens (tertiary/aromatic N) is 1. The van der Waals surface area contributed by atoms with Crippen LogP contribution in [0.5, 0.6) is 0 Å². The number of hydrogen-bond donors (Lipinski definition) is 3. The second-order valence-corrected chi connectivity index (χ2v) is 4.68. The van der Waals surface area contributed by atoms with Gasteiger partial charge in [0.1, 0.15) is 5.82 Å². The van der Waals surface area contributed by atoms with E-state index >= 15 is 0 Å². The maximum atomic E-state index is 3.38. The molecule has 0 spiro atoms. The lowest BCUT2D eigenvalue weighted by molar-refractivity contribution is 1.03. The summed E-state index contributed by atoms with van der Waals surface area (Å²) < 4.78 is 2.09. The topological polar surface area (TPSA) is 52.3 Å². The minimum Gasteiger partial charge on any atom is -0.361 e. The van der Waals surface area contributed by atoms with Gasteiger partial charge < -0.3 is 19.5 Å². The van der Waals surface area contributed by atoms with Crippen LogP contribution in [0.1, 0.15) is 0 Å². The summed E-state index contributed by atoms with van der Waals surface area (Å²) in [5.41, 5.74) is 4.51. The Morgan fingerprint density at radius 1 is 0.750 bits per heavy atom. The Labute approximate surface area is 116 Å². The third kappa shape index (κ3) is 1.62. The van der Waals surface area contributed by atoms with E-state index in [1.54, 1.807) is 0 Å². The lowest BCUT2D eigenvalue weighted by atomic mass is 10.1. The van der Waals surface area contributed by atoms with Crippen LogP contribution in [0.3, 0.4) is 0 Å². The van der Waals surface area contributed by atoms with E-state index in [1.807, 2.05) is 55.2 Å². The Kier molecular flexibility index (Phi) is 2.39. The Morgan fingerprint density at radius 3 is 2.10 bits per heavy atom. The van der Waals surface area contributed by atoms with Gasteiger partial charge in [-0.25, -0.2) is 0 Å². The van der Waals surface area contributed by atoms with E-state index < -0.39 is 0 Å². The average Bonchev–Trinajstić information content (AvgIpc) is 3.23. The van der Waals surface area contributed by atoms with E-state index in [9.17, 15) is 0 Å². The summed E-state index contributed by atoms with van der Waals surface area (Å²) in [7, 11) is 0. The van der Waals surface area contributed by atoms with Crippen molar-refractivity contribution < 1.29 is 0 Å². The molecule has 0 aliphatic carbocycles. The van der Waals surface area contributed by atoms with Gasteiger partial charge in [-0.3, -0.25) is 0 Å². The molecule has 0 bridgehead atoms. The molecule has 98 valence electrons. The summed E-state index contributed by atoms with van der Waals surface area (Å²) in [6.07, 6.45) is 10.0. The summed E-state index contributed by atoms with van der Waals surface area (Å²) in [6, 6.07) is 12.2. The van der Waals surface area contributed by atoms with Crippen molar-refractivity contribution in [2.45, 2.75) is 0 Å². The molecular weight excluding hydrogens is 248 g/mol. The quantitative estimate of drug-likeness (QED) is 0.503. The van der Waals surface area contributed by atoms with Gasteiger partial charge in [-0.1, -0.05) is 0 Å². The molecule has 4 aromatic rings. The summed E-state index contributed by atoms with van der Waals surface area (Å²) >= 11 is 0. The van der Waals surface area contributed by atoms with Crippen molar-refractivity contribution in [2.24, 2.45) is 0 Å². The molecule has 0 aliphatic rings. The largest absolute Gasteiger partial charge is 0.361 e. The summed E-state index contributed by atoms with van der Waals surface area (Å²) in [4.78, 5) is 9.94. The highest BCUT2D eigenvalue weighted by atomic mass is 15.0. The second kappa shape index (κ2) is 4.35. The Morgan fingerprint density at radius 2 is 1.45 bits per heavy atom. The van der Waals surface area contributed by atoms with Crippen LogP contribution in [0.25, 0.3) is 28.3 Å². The molecule has 3 N–H and O–H groups in total. The molecule has 4 nitrogen and oxygen atoms in total. The molecule has 0 amide bonds. The molecule has 4 heteroatoms. The summed E-state index contributed by atoms with van der Waals surface area (Å²) in [6.45, 7) is 0. The van der Waals surface area contributed by atoms with E-state index in [2.05, 4.69) is 31.7 Å². The molecule has 0 fully saturated rings. The molecule has 4 aromatic heterocycles. The van der Waals surface area contributed by atoms with Gasteiger partial charge in [0.2, 0.25) is 0 Å². The van der Waals surface area contributed by atoms with Crippen LogP contribution in [-0.4, -0.2) is 19.5 Å². The zero-order chi connectivity index (χ0) is 13.4. The molecule has 0 unspecified atom stereocenters. The van der Waals surface area contributed by atoms with Crippen LogP contribution in [0, 0.1) is 0 Å². The number of rotatable bonds is 3. The zero-order valence-corrected chi connectivity index (χ0v) is 10.8. The van der Waals surface area contributed by atoms with Crippen LogP contribution >= 0.6 is 0 Å². The fourth-order valence-electron chi connectivity index (χ4n) is 2.57. The molecule has 0 saturated carbocycles. The van der Waals surface area contributed by atoms with Crippen molar-refractivity contribution in [1.29, 1.82) is 0 Å². The predicted molar refractivity (Wildman–Crippen MR) is 79.7 cm³/mol. The van der Waals surface area contributed by atoms with Crippen LogP contribution in [0.15, 0.2) is 67.4 Å². The van der Waals surface area contributed by atoms with Gasteiger partial charge >= 0.3 is 0 Å². The average molecular weight is 262 g/mol. The van der Waals surface area contributed by atoms with E-state index in [0.717, 1.165) is 28.3 Å². The van der Waals surface area contributed by atoms with Gasteiger partial charge in [-0.05, 0) is 36.4 Å². The minimum atomic E-state index is 1.06. The minimum absolute atomic E-state index is 1.06. The first kappa shape index (κ1) is 11.0. The lowest BCUT2D eigenvalue weighted by Crippen LogP contribution is -1.93. The first-order valence-corrected chi connectivity index (χ1v) is 6.56. The molecule has 0 radical (unpaired) electrons. The van der Waals surface area contributed by atoms with Crippen molar-refractivity contribution in [2.75, 3.05) is 0 Å². The molecule has 0 atom stereocenters. The van der Waals surface area contributed by atoms with Crippen LogP contribution < -0.4 is 0 Å². The van der Waals surface area contributed by atoms with Crippen molar-refractivity contribution >= 4 is 0 Å². The van der Waals surface area contributed by atoms with Gasteiger partial charge in [0.05, 0.1) is 5.56 Å². The molecule has 4 rings (SSSR count). The smallest absolute Gasteiger partial charge is 0.124 e. The van der Waals surface area contributed by atoms with Crippen molar-refractivity contribution in [3.8, 4) is 28.3 Å². The highest BCUT2D eigenvalue weighted by Gasteiger charge is 2.16. The lowest BCUT2D eigenvalue weighted by Gasteiger charge is -2.06. The first-order valence-electron chi connectivity index (χ1n) is 6.56. The number of aromatic amines is 3. The number of hydrogen-bond acceptors (Lipinski definition) is 0. The van der Waals surface area contributed by atoms with Gasteiger partial charge in [0.25, 0.3) is 0 Å². The second-order valence-electron chi connectivity index (χ2n) is 4.68. The van der Waals surface area contributed by atoms with Crippen LogP contribution in [0.2, 0.25) is 0 Å². The molecular formula is C16H14N4. The van der Waals surface area contributed by atoms with E-state index in [4.69, 9.17) is 0 Å². The fraction of sp³-hybridized carbons (Fsp3) is 0. The van der Waals surface area contributed by atoms with Crippen molar-refractivity contribution in [3.05, 3.63) is 67.4 Å². The first-order chi connectivity index (χ1) is 9.93. The Balaban J connectivity index is 1.98. The number of H-pyrrole nitrogens is 3. The van der Waals surface area contributed by atoms with Gasteiger partial charge in [-0.15, -0.1) is 0 Å². The number of aromatic nitrogens is 4. The van der Waals surface area contributed by atoms with E-state index in [0.29, 0.717) is 0 Å². The van der Waals surface area contributed by atoms with E-state index in [-0.39, 0.29) is 0 Å². The van der Waals surface area contributed by atoms with Crippen LogP contribution in [0.4, 0.5) is 0 Å². The third-order valence-electron chi connectivity index (χ3n) is 3.48. The van der Waals surface area contributed by atoms with Crippen molar-refractivity contribution in [3.63, 3.8) is 0 Å². The number of nitrogens with one attached hydrogen (secondary N) is 3. The molecule has 4 heterocycles. The highest BCUT2D eigenvalue weighted by molar-refractivity contribution is 5.85. The predicted octanol–water partition coefficient (Wildman–Crippen LogP) is 3.80. The third-order valence-corrected chi connectivity index (χ3v) is 3.48. The van der Waals surface area contributed by atoms with Gasteiger partial charge in [0.15, 0.2) is 0 Å². The Bertz CT molecular complexity index is 735. The fourth-order valence-corrected chi connectivity index (χ4v) is 2.57. The molecule has 20 heavy (non-hydrogen) atoms.